The molecule has 0 aliphatic carbocycles. The molecule has 0 atom stereocenters. The van der Waals surface area contributed by atoms with Crippen molar-refractivity contribution in [2.45, 2.75) is 18.2 Å². The molecule has 0 aromatic heterocycles. The maximum atomic E-state index is 12.2. The number of sulfonamides is 1. The van der Waals surface area contributed by atoms with Gasteiger partial charge in [0.25, 0.3) is 0 Å². The summed E-state index contributed by atoms with van der Waals surface area (Å²) in [7, 11) is -0.991. The van der Waals surface area contributed by atoms with E-state index in [0.29, 0.717) is 13.0 Å². The van der Waals surface area contributed by atoms with Crippen molar-refractivity contribution in [3.63, 3.8) is 0 Å². The highest BCUT2D eigenvalue weighted by molar-refractivity contribution is 7.89. The van der Waals surface area contributed by atoms with Crippen LogP contribution in [0, 0.1) is 0 Å². The molecular formula is C15H23Cl2N3O5S. The fraction of sp³-hybridized carbons (Fsp3) is 0.467. The minimum Gasteiger partial charge on any atom is -0.480 e. The van der Waals surface area contributed by atoms with Crippen molar-refractivity contribution in [2.75, 3.05) is 39.0 Å². The van der Waals surface area contributed by atoms with Gasteiger partial charge in [-0.3, -0.25) is 14.5 Å². The largest absolute Gasteiger partial charge is 0.480 e. The zero-order chi connectivity index (χ0) is 19.2. The van der Waals surface area contributed by atoms with E-state index in [4.69, 9.17) is 16.7 Å². The van der Waals surface area contributed by atoms with E-state index in [2.05, 4.69) is 5.32 Å². The Morgan fingerprint density at radius 1 is 1.23 bits per heavy atom. The molecule has 11 heteroatoms. The highest BCUT2D eigenvalue weighted by Gasteiger charge is 2.22. The van der Waals surface area contributed by atoms with Crippen LogP contribution in [0.25, 0.3) is 0 Å². The summed E-state index contributed by atoms with van der Waals surface area (Å²) in [5.74, 6) is -1.46. The first-order valence-corrected chi connectivity index (χ1v) is 9.35. The zero-order valence-corrected chi connectivity index (χ0v) is 17.1. The molecule has 1 amide bonds. The number of carbonyl (C=O) groups excluding carboxylic acids is 1. The molecule has 0 saturated heterocycles. The van der Waals surface area contributed by atoms with Gasteiger partial charge in [-0.25, -0.2) is 12.7 Å². The SMILES string of the molecule is CCCN(CC(=O)O)CC(=O)Nc1ccc(Cl)c(S(=O)(=O)N(C)C)c1.Cl. The molecule has 8 nitrogen and oxygen atoms in total. The number of carboxylic acid groups (broad SMARTS) is 1. The third kappa shape index (κ3) is 7.08. The molecule has 0 bridgehead atoms. The molecule has 0 saturated carbocycles. The molecule has 0 spiro atoms. The normalized spacial score (nSPS) is 11.3. The number of rotatable bonds is 9. The molecule has 0 unspecified atom stereocenters. The summed E-state index contributed by atoms with van der Waals surface area (Å²) in [6.45, 7) is 1.98. The lowest BCUT2D eigenvalue weighted by atomic mass is 10.3. The van der Waals surface area contributed by atoms with Crippen LogP contribution in [0.2, 0.25) is 5.02 Å². The average molecular weight is 428 g/mol. The van der Waals surface area contributed by atoms with Crippen LogP contribution in [0.1, 0.15) is 13.3 Å². The van der Waals surface area contributed by atoms with Gasteiger partial charge in [0.1, 0.15) is 4.90 Å². The number of aliphatic carboxylic acids is 1. The van der Waals surface area contributed by atoms with Gasteiger partial charge < -0.3 is 10.4 Å². The quantitative estimate of drug-likeness (QED) is 0.621. The number of nitrogens with zero attached hydrogens (tertiary/aromatic N) is 2. The number of amides is 1. The summed E-state index contributed by atoms with van der Waals surface area (Å²) >= 11 is 5.95. The predicted molar refractivity (Wildman–Crippen MR) is 103 cm³/mol. The third-order valence-corrected chi connectivity index (χ3v) is 5.54. The lowest BCUT2D eigenvalue weighted by Gasteiger charge is -2.19. The molecule has 0 heterocycles. The van der Waals surface area contributed by atoms with Crippen molar-refractivity contribution in [1.29, 1.82) is 0 Å². The number of hydrogen-bond acceptors (Lipinski definition) is 5. The highest BCUT2D eigenvalue weighted by atomic mass is 35.5. The summed E-state index contributed by atoms with van der Waals surface area (Å²) in [6.07, 6.45) is 0.701. The second-order valence-electron chi connectivity index (χ2n) is 5.59. The molecule has 1 aromatic rings. The number of benzene rings is 1. The van der Waals surface area contributed by atoms with Gasteiger partial charge in [-0.15, -0.1) is 12.4 Å². The molecule has 148 valence electrons. The van der Waals surface area contributed by atoms with Crippen molar-refractivity contribution < 1.29 is 23.1 Å². The summed E-state index contributed by atoms with van der Waals surface area (Å²) < 4.78 is 25.5. The minimum absolute atomic E-state index is 0. The van der Waals surface area contributed by atoms with Gasteiger partial charge in [-0.05, 0) is 31.2 Å². The molecule has 0 aliphatic rings. The summed E-state index contributed by atoms with van der Waals surface area (Å²) in [6, 6.07) is 4.14. The second kappa shape index (κ2) is 10.7. The number of halogens is 2. The van der Waals surface area contributed by atoms with E-state index in [-0.39, 0.29) is 41.1 Å². The lowest BCUT2D eigenvalue weighted by molar-refractivity contribution is -0.138. The summed E-state index contributed by atoms with van der Waals surface area (Å²) in [4.78, 5) is 24.3. The van der Waals surface area contributed by atoms with Crippen LogP contribution in [0.3, 0.4) is 0 Å². The van der Waals surface area contributed by atoms with Crippen molar-refractivity contribution in [3.05, 3.63) is 23.2 Å². The molecule has 1 rings (SSSR count). The Hall–Kier alpha value is -1.39. The second-order valence-corrected chi connectivity index (χ2v) is 8.11. The minimum atomic E-state index is -3.75. The van der Waals surface area contributed by atoms with Gasteiger partial charge in [0, 0.05) is 19.8 Å². The fourth-order valence-corrected chi connectivity index (χ4v) is 3.49. The van der Waals surface area contributed by atoms with Gasteiger partial charge in [0.05, 0.1) is 18.1 Å². The van der Waals surface area contributed by atoms with Gasteiger partial charge >= 0.3 is 5.97 Å². The highest BCUT2D eigenvalue weighted by Crippen LogP contribution is 2.26. The van der Waals surface area contributed by atoms with E-state index in [1.165, 1.54) is 37.2 Å². The standard InChI is InChI=1S/C15H22ClN3O5S.ClH/c1-4-7-19(10-15(21)22)9-14(20)17-11-5-6-12(16)13(8-11)25(23,24)18(2)3;/h5-6,8H,4,7,9-10H2,1-3H3,(H,17,20)(H,21,22);1H. The maximum Gasteiger partial charge on any atom is 0.317 e. The first kappa shape index (κ1) is 24.6. The van der Waals surface area contributed by atoms with Crippen LogP contribution in [-0.4, -0.2) is 68.3 Å². The predicted octanol–water partition coefficient (Wildman–Crippen LogP) is 1.75. The fourth-order valence-electron chi connectivity index (χ4n) is 2.10. The van der Waals surface area contributed by atoms with Gasteiger partial charge in [-0.2, -0.15) is 0 Å². The van der Waals surface area contributed by atoms with E-state index < -0.39 is 21.9 Å². The van der Waals surface area contributed by atoms with E-state index in [1.807, 2.05) is 6.92 Å². The van der Waals surface area contributed by atoms with Gasteiger partial charge in [-0.1, -0.05) is 18.5 Å². The molecule has 26 heavy (non-hydrogen) atoms. The molecule has 0 fully saturated rings. The van der Waals surface area contributed by atoms with Crippen molar-refractivity contribution >= 4 is 51.6 Å². The monoisotopic (exact) mass is 427 g/mol. The average Bonchev–Trinajstić information content (AvgIpc) is 2.48. The Balaban J connectivity index is 0.00000625. The van der Waals surface area contributed by atoms with E-state index in [1.54, 1.807) is 0 Å². The lowest BCUT2D eigenvalue weighted by Crippen LogP contribution is -2.37. The van der Waals surface area contributed by atoms with Crippen molar-refractivity contribution in [2.24, 2.45) is 0 Å². The first-order valence-electron chi connectivity index (χ1n) is 7.54. The van der Waals surface area contributed by atoms with Crippen LogP contribution < -0.4 is 5.32 Å². The van der Waals surface area contributed by atoms with Crippen molar-refractivity contribution in [3.8, 4) is 0 Å². The Morgan fingerprint density at radius 3 is 2.35 bits per heavy atom. The van der Waals surface area contributed by atoms with Crippen LogP contribution in [-0.2, 0) is 19.6 Å². The topological polar surface area (TPSA) is 107 Å². The number of carboxylic acids is 1. The molecule has 2 N–H and O–H groups in total. The Morgan fingerprint density at radius 2 is 1.85 bits per heavy atom. The molecule has 0 radical (unpaired) electrons. The van der Waals surface area contributed by atoms with E-state index >= 15 is 0 Å². The third-order valence-electron chi connectivity index (χ3n) is 3.24. The maximum absolute atomic E-state index is 12.2. The zero-order valence-electron chi connectivity index (χ0n) is 14.7. The van der Waals surface area contributed by atoms with Crippen LogP contribution in [0.15, 0.2) is 23.1 Å². The van der Waals surface area contributed by atoms with Crippen LogP contribution in [0.5, 0.6) is 0 Å². The molecule has 0 aliphatic heterocycles. The van der Waals surface area contributed by atoms with Gasteiger partial charge in [0.15, 0.2) is 0 Å². The van der Waals surface area contributed by atoms with Gasteiger partial charge in [0.2, 0.25) is 15.9 Å². The Labute approximate surface area is 164 Å². The number of carbonyl (C=O) groups is 2. The Kier molecular flexibility index (Phi) is 10.1. The smallest absolute Gasteiger partial charge is 0.317 e. The van der Waals surface area contributed by atoms with Crippen LogP contribution in [0.4, 0.5) is 5.69 Å². The van der Waals surface area contributed by atoms with Crippen molar-refractivity contribution in [1.82, 2.24) is 9.21 Å². The number of anilines is 1. The number of hydrogen-bond donors (Lipinski definition) is 2. The molecule has 1 aromatic carbocycles. The van der Waals surface area contributed by atoms with E-state index in [9.17, 15) is 18.0 Å². The molecular weight excluding hydrogens is 405 g/mol. The summed E-state index contributed by atoms with van der Waals surface area (Å²) in [5.41, 5.74) is 0.265. The number of nitrogens with one attached hydrogen (secondary N) is 1. The Bertz CT molecular complexity index is 741. The first-order chi connectivity index (χ1) is 11.6. The summed E-state index contributed by atoms with van der Waals surface area (Å²) in [5, 5.41) is 11.5. The van der Waals surface area contributed by atoms with Crippen LogP contribution >= 0.6 is 24.0 Å². The van der Waals surface area contributed by atoms with E-state index in [0.717, 1.165) is 4.31 Å².